The average molecular weight is 423 g/mol. The summed E-state index contributed by atoms with van der Waals surface area (Å²) in [5.74, 6) is -0.276. The van der Waals surface area contributed by atoms with Crippen molar-refractivity contribution in [2.45, 2.75) is 51.4 Å². The molecule has 164 valence electrons. The zero-order chi connectivity index (χ0) is 22.1. The first-order valence-corrected chi connectivity index (χ1v) is 10.2. The molecule has 0 radical (unpaired) electrons. The molecule has 0 spiro atoms. The number of carbonyl (C=O) groups excluding carboxylic acids is 2. The minimum atomic E-state index is -4.38. The van der Waals surface area contributed by atoms with Crippen molar-refractivity contribution in [1.82, 2.24) is 15.1 Å². The molecular formula is C22H28F3N3O2. The molecule has 2 aliphatic rings. The Balaban J connectivity index is 1.69. The fraction of sp³-hybridized carbons (Fsp3) is 0.545. The number of carbonyl (C=O) groups is 2. The monoisotopic (exact) mass is 423 g/mol. The van der Waals surface area contributed by atoms with Crippen LogP contribution in [-0.4, -0.2) is 46.9 Å². The topological polar surface area (TPSA) is 52.7 Å². The molecule has 3 rings (SSSR count). The van der Waals surface area contributed by atoms with Gasteiger partial charge in [0, 0.05) is 6.54 Å². The SMILES string of the molecule is C=C(C)CN1C(=O)N[C@](CC)(C2CCN(Cc3ccccc3C(F)(F)F)CC2)C1=O. The molecule has 0 saturated carbocycles. The fourth-order valence-electron chi connectivity index (χ4n) is 4.62. The van der Waals surface area contributed by atoms with Crippen molar-refractivity contribution in [2.24, 2.45) is 5.92 Å². The van der Waals surface area contributed by atoms with Crippen LogP contribution in [0.25, 0.3) is 0 Å². The van der Waals surface area contributed by atoms with Crippen LogP contribution in [0.3, 0.4) is 0 Å². The number of nitrogens with zero attached hydrogens (tertiary/aromatic N) is 2. The van der Waals surface area contributed by atoms with Crippen LogP contribution < -0.4 is 5.32 Å². The van der Waals surface area contributed by atoms with Crippen LogP contribution in [0.5, 0.6) is 0 Å². The number of nitrogens with one attached hydrogen (secondary N) is 1. The minimum Gasteiger partial charge on any atom is -0.323 e. The molecule has 0 unspecified atom stereocenters. The first-order valence-electron chi connectivity index (χ1n) is 10.2. The van der Waals surface area contributed by atoms with E-state index >= 15 is 0 Å². The van der Waals surface area contributed by atoms with E-state index in [4.69, 9.17) is 0 Å². The van der Waals surface area contributed by atoms with E-state index in [9.17, 15) is 22.8 Å². The van der Waals surface area contributed by atoms with E-state index in [1.807, 2.05) is 11.8 Å². The van der Waals surface area contributed by atoms with Gasteiger partial charge in [0.05, 0.1) is 12.1 Å². The van der Waals surface area contributed by atoms with Crippen LogP contribution in [0.4, 0.5) is 18.0 Å². The third-order valence-corrected chi connectivity index (χ3v) is 6.19. The van der Waals surface area contributed by atoms with E-state index < -0.39 is 23.3 Å². The van der Waals surface area contributed by atoms with Crippen LogP contribution in [-0.2, 0) is 17.5 Å². The van der Waals surface area contributed by atoms with Crippen molar-refractivity contribution < 1.29 is 22.8 Å². The first-order chi connectivity index (χ1) is 14.1. The highest BCUT2D eigenvalue weighted by Gasteiger charge is 2.54. The summed E-state index contributed by atoms with van der Waals surface area (Å²) >= 11 is 0. The second kappa shape index (κ2) is 8.41. The Bertz CT molecular complexity index is 831. The van der Waals surface area contributed by atoms with Crippen molar-refractivity contribution in [3.05, 3.63) is 47.5 Å². The number of hydrogen-bond donors (Lipinski definition) is 1. The maximum atomic E-state index is 13.3. The first kappa shape index (κ1) is 22.3. The van der Waals surface area contributed by atoms with Crippen molar-refractivity contribution in [1.29, 1.82) is 0 Å². The van der Waals surface area contributed by atoms with Gasteiger partial charge in [0.2, 0.25) is 0 Å². The summed E-state index contributed by atoms with van der Waals surface area (Å²) in [6.07, 6.45) is -2.63. The zero-order valence-electron chi connectivity index (χ0n) is 17.4. The third-order valence-electron chi connectivity index (χ3n) is 6.19. The molecule has 0 bridgehead atoms. The number of imide groups is 1. The maximum Gasteiger partial charge on any atom is 0.416 e. The molecule has 30 heavy (non-hydrogen) atoms. The number of rotatable bonds is 6. The molecule has 2 fully saturated rings. The molecule has 3 amide bonds. The van der Waals surface area contributed by atoms with Gasteiger partial charge >= 0.3 is 12.2 Å². The van der Waals surface area contributed by atoms with Crippen LogP contribution in [0, 0.1) is 5.92 Å². The Labute approximate surface area is 174 Å². The summed E-state index contributed by atoms with van der Waals surface area (Å²) in [5.41, 5.74) is -0.566. The van der Waals surface area contributed by atoms with Gasteiger partial charge in [0.25, 0.3) is 5.91 Å². The molecule has 2 saturated heterocycles. The quantitative estimate of drug-likeness (QED) is 0.551. The number of hydrogen-bond acceptors (Lipinski definition) is 3. The van der Waals surface area contributed by atoms with Gasteiger partial charge in [-0.1, -0.05) is 37.3 Å². The highest BCUT2D eigenvalue weighted by atomic mass is 19.4. The second-order valence-corrected chi connectivity index (χ2v) is 8.31. The predicted molar refractivity (Wildman–Crippen MR) is 108 cm³/mol. The van der Waals surface area contributed by atoms with Crippen molar-refractivity contribution in [3.63, 3.8) is 0 Å². The Morgan fingerprint density at radius 2 is 1.87 bits per heavy atom. The number of alkyl halides is 3. The standard InChI is InChI=1S/C22H28F3N3O2/c1-4-21(19(29)28(13-15(2)3)20(30)26-21)17-9-11-27(12-10-17)14-16-7-5-6-8-18(16)22(23,24)25/h5-8,17H,2,4,9-14H2,1,3H3,(H,26,30)/t21-/m1/s1. The van der Waals surface area contributed by atoms with Gasteiger partial charge in [-0.2, -0.15) is 13.2 Å². The van der Waals surface area contributed by atoms with E-state index in [1.165, 1.54) is 17.0 Å². The van der Waals surface area contributed by atoms with Crippen molar-refractivity contribution in [2.75, 3.05) is 19.6 Å². The largest absolute Gasteiger partial charge is 0.416 e. The predicted octanol–water partition coefficient (Wildman–Crippen LogP) is 4.19. The maximum absolute atomic E-state index is 13.3. The van der Waals surface area contributed by atoms with Gasteiger partial charge in [-0.15, -0.1) is 0 Å². The van der Waals surface area contributed by atoms with Crippen molar-refractivity contribution >= 4 is 11.9 Å². The lowest BCUT2D eigenvalue weighted by atomic mass is 9.75. The summed E-state index contributed by atoms with van der Waals surface area (Å²) in [7, 11) is 0. The van der Waals surface area contributed by atoms with E-state index in [-0.39, 0.29) is 30.5 Å². The van der Waals surface area contributed by atoms with Crippen LogP contribution in [0.2, 0.25) is 0 Å². The molecule has 1 aromatic rings. The molecule has 1 aromatic carbocycles. The van der Waals surface area contributed by atoms with Crippen molar-refractivity contribution in [3.8, 4) is 0 Å². The highest BCUT2D eigenvalue weighted by molar-refractivity contribution is 6.07. The highest BCUT2D eigenvalue weighted by Crippen LogP contribution is 2.37. The number of halogens is 3. The summed E-state index contributed by atoms with van der Waals surface area (Å²) < 4.78 is 39.8. The van der Waals surface area contributed by atoms with Crippen LogP contribution >= 0.6 is 0 Å². The molecular weight excluding hydrogens is 395 g/mol. The molecule has 1 N–H and O–H groups in total. The number of piperidine rings is 1. The van der Waals surface area contributed by atoms with Gasteiger partial charge in [-0.25, -0.2) is 4.79 Å². The van der Waals surface area contributed by atoms with E-state index in [0.29, 0.717) is 32.4 Å². The zero-order valence-corrected chi connectivity index (χ0v) is 17.4. The Morgan fingerprint density at radius 3 is 2.43 bits per heavy atom. The van der Waals surface area contributed by atoms with E-state index in [2.05, 4.69) is 11.9 Å². The van der Waals surface area contributed by atoms with E-state index in [0.717, 1.165) is 11.6 Å². The smallest absolute Gasteiger partial charge is 0.323 e. The molecule has 5 nitrogen and oxygen atoms in total. The lowest BCUT2D eigenvalue weighted by Crippen LogP contribution is -2.55. The number of likely N-dealkylation sites (tertiary alicyclic amines) is 1. The summed E-state index contributed by atoms with van der Waals surface area (Å²) in [6.45, 7) is 8.99. The Morgan fingerprint density at radius 1 is 1.23 bits per heavy atom. The third kappa shape index (κ3) is 4.24. The molecule has 2 heterocycles. The number of urea groups is 1. The number of benzene rings is 1. The second-order valence-electron chi connectivity index (χ2n) is 8.31. The summed E-state index contributed by atoms with van der Waals surface area (Å²) in [4.78, 5) is 28.7. The van der Waals surface area contributed by atoms with Gasteiger partial charge in [0.15, 0.2) is 0 Å². The Kier molecular flexibility index (Phi) is 6.26. The molecule has 8 heteroatoms. The average Bonchev–Trinajstić information content (AvgIpc) is 2.93. The normalized spacial score (nSPS) is 23.7. The lowest BCUT2D eigenvalue weighted by molar-refractivity contribution is -0.138. The lowest BCUT2D eigenvalue weighted by Gasteiger charge is -2.40. The number of amides is 3. The van der Waals surface area contributed by atoms with Gasteiger partial charge in [-0.3, -0.25) is 14.6 Å². The minimum absolute atomic E-state index is 0.0526. The van der Waals surface area contributed by atoms with Gasteiger partial charge in [-0.05, 0) is 56.8 Å². The molecule has 0 aliphatic carbocycles. The fourth-order valence-corrected chi connectivity index (χ4v) is 4.62. The molecule has 1 atom stereocenters. The Hall–Kier alpha value is -2.35. The summed E-state index contributed by atoms with van der Waals surface area (Å²) in [5, 5.41) is 2.91. The molecule has 0 aromatic heterocycles. The van der Waals surface area contributed by atoms with Gasteiger partial charge in [0.1, 0.15) is 5.54 Å². The van der Waals surface area contributed by atoms with Crippen LogP contribution in [0.1, 0.15) is 44.2 Å². The molecule has 2 aliphatic heterocycles. The summed E-state index contributed by atoms with van der Waals surface area (Å²) in [6, 6.07) is 5.24. The van der Waals surface area contributed by atoms with Gasteiger partial charge < -0.3 is 5.32 Å². The van der Waals surface area contributed by atoms with Crippen LogP contribution in [0.15, 0.2) is 36.4 Å². The van der Waals surface area contributed by atoms with E-state index in [1.54, 1.807) is 13.0 Å².